The van der Waals surface area contributed by atoms with Gasteiger partial charge in [0.05, 0.1) is 11.3 Å². The van der Waals surface area contributed by atoms with Crippen LogP contribution in [0.2, 0.25) is 0 Å². The Balaban J connectivity index is 2.12. The molecule has 0 aliphatic heterocycles. The molecule has 1 N–H and O–H groups in total. The maximum Gasteiger partial charge on any atom is 0.257 e. The molecule has 8 heteroatoms. The van der Waals surface area contributed by atoms with Crippen LogP contribution >= 0.6 is 11.3 Å². The van der Waals surface area contributed by atoms with Crippen molar-refractivity contribution in [3.8, 4) is 0 Å². The summed E-state index contributed by atoms with van der Waals surface area (Å²) < 4.78 is 14.0. The summed E-state index contributed by atoms with van der Waals surface area (Å²) >= 11 is 1.38. The number of rotatable bonds is 7. The molecule has 0 saturated carbocycles. The van der Waals surface area contributed by atoms with Crippen molar-refractivity contribution < 1.29 is 14.0 Å². The van der Waals surface area contributed by atoms with Crippen molar-refractivity contribution in [3.63, 3.8) is 0 Å². The lowest BCUT2D eigenvalue weighted by atomic mass is 10.2. The van der Waals surface area contributed by atoms with Gasteiger partial charge in [0.25, 0.3) is 5.91 Å². The van der Waals surface area contributed by atoms with Crippen LogP contribution in [0.3, 0.4) is 0 Å². The minimum atomic E-state index is -0.598. The standard InChI is InChI=1S/C18H23FN4O2S/c1-12-13(2)26-18(20-12)21-16(24)11-23(10-9-22(3)4)17(25)14-7-5-6-8-15(14)19/h5-8H,9-11H2,1-4H3,(H,20,21,24). The fourth-order valence-corrected chi connectivity index (χ4v) is 3.07. The van der Waals surface area contributed by atoms with E-state index in [0.29, 0.717) is 18.2 Å². The fraction of sp³-hybridized carbons (Fsp3) is 0.389. The summed E-state index contributed by atoms with van der Waals surface area (Å²) in [6, 6.07) is 5.78. The van der Waals surface area contributed by atoms with E-state index in [1.54, 1.807) is 6.07 Å². The van der Waals surface area contributed by atoms with E-state index in [1.165, 1.54) is 34.4 Å². The molecule has 2 amide bonds. The van der Waals surface area contributed by atoms with Gasteiger partial charge in [-0.15, -0.1) is 11.3 Å². The van der Waals surface area contributed by atoms with Crippen LogP contribution in [0.4, 0.5) is 9.52 Å². The molecule has 26 heavy (non-hydrogen) atoms. The first kappa shape index (κ1) is 20.0. The van der Waals surface area contributed by atoms with Crippen LogP contribution < -0.4 is 5.32 Å². The van der Waals surface area contributed by atoms with E-state index in [9.17, 15) is 14.0 Å². The zero-order valence-electron chi connectivity index (χ0n) is 15.4. The van der Waals surface area contributed by atoms with E-state index in [1.807, 2.05) is 32.8 Å². The quantitative estimate of drug-likeness (QED) is 0.804. The Morgan fingerprint density at radius 3 is 2.46 bits per heavy atom. The van der Waals surface area contributed by atoms with Gasteiger partial charge in [-0.1, -0.05) is 12.1 Å². The van der Waals surface area contributed by atoms with Gasteiger partial charge in [-0.3, -0.25) is 9.59 Å². The molecular formula is C18H23FN4O2S. The summed E-state index contributed by atoms with van der Waals surface area (Å²) in [5.41, 5.74) is 0.817. The highest BCUT2D eigenvalue weighted by atomic mass is 32.1. The fourth-order valence-electron chi connectivity index (χ4n) is 2.24. The molecule has 0 atom stereocenters. The summed E-state index contributed by atoms with van der Waals surface area (Å²) in [4.78, 5) is 33.6. The smallest absolute Gasteiger partial charge is 0.257 e. The number of anilines is 1. The number of carbonyl (C=O) groups excluding carboxylic acids is 2. The zero-order valence-corrected chi connectivity index (χ0v) is 16.2. The topological polar surface area (TPSA) is 65.5 Å². The number of nitrogens with zero attached hydrogens (tertiary/aromatic N) is 3. The van der Waals surface area contributed by atoms with Crippen LogP contribution in [0.15, 0.2) is 24.3 Å². The number of thiazole rings is 1. The number of hydrogen-bond acceptors (Lipinski definition) is 5. The highest BCUT2D eigenvalue weighted by Gasteiger charge is 2.22. The molecule has 0 fully saturated rings. The molecule has 1 heterocycles. The van der Waals surface area contributed by atoms with Crippen LogP contribution in [0.25, 0.3) is 0 Å². The Kier molecular flexibility index (Phi) is 6.82. The summed E-state index contributed by atoms with van der Waals surface area (Å²) in [6.45, 7) is 4.49. The van der Waals surface area contributed by atoms with Crippen LogP contribution in [-0.2, 0) is 4.79 Å². The van der Waals surface area contributed by atoms with E-state index >= 15 is 0 Å². The van der Waals surface area contributed by atoms with Gasteiger partial charge in [-0.05, 0) is 40.1 Å². The van der Waals surface area contributed by atoms with Gasteiger partial charge in [-0.2, -0.15) is 0 Å². The predicted molar refractivity (Wildman–Crippen MR) is 101 cm³/mol. The Bertz CT molecular complexity index is 772. The van der Waals surface area contributed by atoms with E-state index in [4.69, 9.17) is 0 Å². The Hall–Kier alpha value is -2.32. The van der Waals surface area contributed by atoms with Gasteiger partial charge >= 0.3 is 0 Å². The minimum Gasteiger partial charge on any atom is -0.328 e. The zero-order chi connectivity index (χ0) is 19.3. The second kappa shape index (κ2) is 8.86. The van der Waals surface area contributed by atoms with Crippen molar-refractivity contribution in [2.24, 2.45) is 0 Å². The van der Waals surface area contributed by atoms with E-state index in [-0.39, 0.29) is 18.0 Å². The average Bonchev–Trinajstić information content (AvgIpc) is 2.88. The molecular weight excluding hydrogens is 355 g/mol. The molecule has 0 unspecified atom stereocenters. The predicted octanol–water partition coefficient (Wildman–Crippen LogP) is 2.54. The molecule has 0 aliphatic rings. The van der Waals surface area contributed by atoms with Crippen molar-refractivity contribution in [2.45, 2.75) is 13.8 Å². The number of likely N-dealkylation sites (N-methyl/N-ethyl adjacent to an activating group) is 1. The maximum atomic E-state index is 14.0. The summed E-state index contributed by atoms with van der Waals surface area (Å²) in [7, 11) is 3.74. The van der Waals surface area contributed by atoms with Crippen LogP contribution in [0.5, 0.6) is 0 Å². The van der Waals surface area contributed by atoms with E-state index in [0.717, 1.165) is 10.6 Å². The normalized spacial score (nSPS) is 10.8. The van der Waals surface area contributed by atoms with E-state index < -0.39 is 11.7 Å². The lowest BCUT2D eigenvalue weighted by molar-refractivity contribution is -0.116. The third kappa shape index (κ3) is 5.34. The van der Waals surface area contributed by atoms with Crippen molar-refractivity contribution in [2.75, 3.05) is 39.0 Å². The number of amides is 2. The van der Waals surface area contributed by atoms with Crippen molar-refractivity contribution in [1.29, 1.82) is 0 Å². The monoisotopic (exact) mass is 378 g/mol. The van der Waals surface area contributed by atoms with Crippen LogP contribution in [0.1, 0.15) is 20.9 Å². The Morgan fingerprint density at radius 2 is 1.88 bits per heavy atom. The van der Waals surface area contributed by atoms with Gasteiger partial charge in [0.2, 0.25) is 5.91 Å². The molecule has 0 saturated heterocycles. The molecule has 1 aromatic carbocycles. The number of aromatic nitrogens is 1. The summed E-state index contributed by atoms with van der Waals surface area (Å²) in [6.07, 6.45) is 0. The first-order valence-corrected chi connectivity index (χ1v) is 9.02. The molecule has 6 nitrogen and oxygen atoms in total. The van der Waals surface area contributed by atoms with Crippen molar-refractivity contribution >= 4 is 28.3 Å². The first-order chi connectivity index (χ1) is 12.3. The van der Waals surface area contributed by atoms with E-state index in [2.05, 4.69) is 10.3 Å². The second-order valence-corrected chi connectivity index (χ2v) is 7.42. The molecule has 0 bridgehead atoms. The summed E-state index contributed by atoms with van der Waals surface area (Å²) in [5, 5.41) is 3.21. The number of hydrogen-bond donors (Lipinski definition) is 1. The van der Waals surface area contributed by atoms with Crippen LogP contribution in [-0.4, -0.2) is 60.3 Å². The molecule has 2 rings (SSSR count). The number of nitrogens with one attached hydrogen (secondary N) is 1. The third-order valence-corrected chi connectivity index (χ3v) is 4.81. The van der Waals surface area contributed by atoms with Crippen molar-refractivity contribution in [3.05, 3.63) is 46.2 Å². The SMILES string of the molecule is Cc1nc(NC(=O)CN(CCN(C)C)C(=O)c2ccccc2F)sc1C. The van der Waals surface area contributed by atoms with Gasteiger partial charge in [0.1, 0.15) is 12.4 Å². The van der Waals surface area contributed by atoms with Crippen LogP contribution in [0, 0.1) is 19.7 Å². The minimum absolute atomic E-state index is 0.0417. The average molecular weight is 378 g/mol. The lowest BCUT2D eigenvalue weighted by Crippen LogP contribution is -2.42. The number of carbonyl (C=O) groups is 2. The van der Waals surface area contributed by atoms with Gasteiger partial charge < -0.3 is 15.1 Å². The number of benzene rings is 1. The third-order valence-electron chi connectivity index (χ3n) is 3.82. The molecule has 1 aromatic heterocycles. The van der Waals surface area contributed by atoms with Gasteiger partial charge in [0, 0.05) is 18.0 Å². The highest BCUT2D eigenvalue weighted by molar-refractivity contribution is 7.15. The Morgan fingerprint density at radius 1 is 1.19 bits per heavy atom. The van der Waals surface area contributed by atoms with Gasteiger partial charge in [0.15, 0.2) is 5.13 Å². The second-order valence-electron chi connectivity index (χ2n) is 6.22. The number of aryl methyl sites for hydroxylation is 2. The maximum absolute atomic E-state index is 14.0. The molecule has 0 spiro atoms. The largest absolute Gasteiger partial charge is 0.328 e. The van der Waals surface area contributed by atoms with Gasteiger partial charge in [-0.25, -0.2) is 9.37 Å². The molecule has 0 radical (unpaired) electrons. The first-order valence-electron chi connectivity index (χ1n) is 8.20. The summed E-state index contributed by atoms with van der Waals surface area (Å²) in [5.74, 6) is -1.47. The molecule has 2 aromatic rings. The molecule has 0 aliphatic carbocycles. The molecule has 140 valence electrons. The van der Waals surface area contributed by atoms with Crippen molar-refractivity contribution in [1.82, 2.24) is 14.8 Å². The number of halogens is 1. The Labute approximate surface area is 156 Å². The lowest BCUT2D eigenvalue weighted by Gasteiger charge is -2.24. The highest BCUT2D eigenvalue weighted by Crippen LogP contribution is 2.21.